The van der Waals surface area contributed by atoms with E-state index in [1.165, 1.54) is 6.07 Å². The van der Waals surface area contributed by atoms with Crippen molar-refractivity contribution < 1.29 is 13.2 Å². The molecule has 27 heavy (non-hydrogen) atoms. The SMILES string of the molecule is Cc1ccc(NS(=O)(=O)c2cc(C(=O)N3CCC[C@@H](C)C3)ccc2C)cc1. The first-order valence-corrected chi connectivity index (χ1v) is 10.7. The molecule has 2 aromatic carbocycles. The van der Waals surface area contributed by atoms with Gasteiger partial charge in [0.25, 0.3) is 15.9 Å². The molecule has 0 aromatic heterocycles. The first kappa shape index (κ1) is 19.4. The van der Waals surface area contributed by atoms with Crippen LogP contribution < -0.4 is 4.72 Å². The number of rotatable bonds is 4. The summed E-state index contributed by atoms with van der Waals surface area (Å²) in [5, 5.41) is 0. The van der Waals surface area contributed by atoms with Crippen molar-refractivity contribution in [3.63, 3.8) is 0 Å². The van der Waals surface area contributed by atoms with Gasteiger partial charge in [-0.05, 0) is 62.4 Å². The van der Waals surface area contributed by atoms with Gasteiger partial charge in [0.2, 0.25) is 0 Å². The fraction of sp³-hybridized carbons (Fsp3) is 0.381. The highest BCUT2D eigenvalue weighted by Gasteiger charge is 2.24. The number of hydrogen-bond acceptors (Lipinski definition) is 3. The number of piperidine rings is 1. The third-order valence-electron chi connectivity index (χ3n) is 4.97. The molecule has 1 atom stereocenters. The van der Waals surface area contributed by atoms with Crippen LogP contribution in [0, 0.1) is 19.8 Å². The molecule has 5 nitrogen and oxygen atoms in total. The number of nitrogens with zero attached hydrogens (tertiary/aromatic N) is 1. The zero-order valence-electron chi connectivity index (χ0n) is 16.0. The number of carbonyl (C=O) groups excluding carboxylic acids is 1. The van der Waals surface area contributed by atoms with Crippen molar-refractivity contribution in [1.29, 1.82) is 0 Å². The highest BCUT2D eigenvalue weighted by Crippen LogP contribution is 2.23. The zero-order valence-corrected chi connectivity index (χ0v) is 16.8. The topological polar surface area (TPSA) is 66.5 Å². The van der Waals surface area contributed by atoms with Crippen molar-refractivity contribution in [3.05, 3.63) is 59.2 Å². The summed E-state index contributed by atoms with van der Waals surface area (Å²) >= 11 is 0. The molecular formula is C21H26N2O3S. The largest absolute Gasteiger partial charge is 0.338 e. The molecule has 0 spiro atoms. The van der Waals surface area contributed by atoms with Crippen LogP contribution in [0.25, 0.3) is 0 Å². The average molecular weight is 387 g/mol. The van der Waals surface area contributed by atoms with Gasteiger partial charge in [0.15, 0.2) is 0 Å². The molecular weight excluding hydrogens is 360 g/mol. The Kier molecular flexibility index (Phi) is 5.56. The lowest BCUT2D eigenvalue weighted by Gasteiger charge is -2.31. The van der Waals surface area contributed by atoms with Gasteiger partial charge < -0.3 is 4.90 Å². The Balaban J connectivity index is 1.88. The lowest BCUT2D eigenvalue weighted by atomic mass is 9.99. The summed E-state index contributed by atoms with van der Waals surface area (Å²) < 4.78 is 28.4. The van der Waals surface area contributed by atoms with Gasteiger partial charge in [-0.2, -0.15) is 0 Å². The number of likely N-dealkylation sites (tertiary alicyclic amines) is 1. The van der Waals surface area contributed by atoms with Crippen LogP contribution in [-0.2, 0) is 10.0 Å². The lowest BCUT2D eigenvalue weighted by molar-refractivity contribution is 0.0683. The van der Waals surface area contributed by atoms with E-state index < -0.39 is 10.0 Å². The Bertz CT molecular complexity index is 936. The second-order valence-corrected chi connectivity index (χ2v) is 9.10. The first-order valence-electron chi connectivity index (χ1n) is 9.26. The summed E-state index contributed by atoms with van der Waals surface area (Å²) in [6.45, 7) is 7.26. The summed E-state index contributed by atoms with van der Waals surface area (Å²) in [6.07, 6.45) is 2.11. The average Bonchev–Trinajstić information content (AvgIpc) is 2.63. The van der Waals surface area contributed by atoms with Crippen LogP contribution in [0.2, 0.25) is 0 Å². The quantitative estimate of drug-likeness (QED) is 0.864. The lowest BCUT2D eigenvalue weighted by Crippen LogP contribution is -2.39. The van der Waals surface area contributed by atoms with E-state index in [-0.39, 0.29) is 10.8 Å². The molecule has 0 aliphatic carbocycles. The molecule has 2 aromatic rings. The Hall–Kier alpha value is -2.34. The van der Waals surface area contributed by atoms with Crippen molar-refractivity contribution in [2.24, 2.45) is 5.92 Å². The molecule has 1 amide bonds. The van der Waals surface area contributed by atoms with Crippen LogP contribution in [0.4, 0.5) is 5.69 Å². The molecule has 3 rings (SSSR count). The summed E-state index contributed by atoms with van der Waals surface area (Å²) in [4.78, 5) is 14.8. The Morgan fingerprint density at radius 3 is 2.48 bits per heavy atom. The highest BCUT2D eigenvalue weighted by molar-refractivity contribution is 7.92. The minimum atomic E-state index is -3.78. The molecule has 1 heterocycles. The van der Waals surface area contributed by atoms with Crippen molar-refractivity contribution in [3.8, 4) is 0 Å². The van der Waals surface area contributed by atoms with E-state index in [4.69, 9.17) is 0 Å². The summed E-state index contributed by atoms with van der Waals surface area (Å²) in [6, 6.07) is 12.1. The number of aryl methyl sites for hydroxylation is 2. The smallest absolute Gasteiger partial charge is 0.262 e. The van der Waals surface area contributed by atoms with Gasteiger partial charge in [-0.3, -0.25) is 9.52 Å². The minimum Gasteiger partial charge on any atom is -0.338 e. The normalized spacial score (nSPS) is 17.6. The van der Waals surface area contributed by atoms with Crippen LogP contribution in [-0.4, -0.2) is 32.3 Å². The van der Waals surface area contributed by atoms with Crippen molar-refractivity contribution in [2.75, 3.05) is 17.8 Å². The maximum Gasteiger partial charge on any atom is 0.262 e. The molecule has 6 heteroatoms. The number of nitrogens with one attached hydrogen (secondary N) is 1. The van der Waals surface area contributed by atoms with Gasteiger partial charge >= 0.3 is 0 Å². The molecule has 1 N–H and O–H groups in total. The van der Waals surface area contributed by atoms with Gasteiger partial charge in [-0.25, -0.2) is 8.42 Å². The Morgan fingerprint density at radius 1 is 1.11 bits per heavy atom. The van der Waals surface area contributed by atoms with E-state index in [1.807, 2.05) is 24.0 Å². The molecule has 0 unspecified atom stereocenters. The van der Waals surface area contributed by atoms with Crippen LogP contribution >= 0.6 is 0 Å². The number of hydrogen-bond donors (Lipinski definition) is 1. The number of benzene rings is 2. The van der Waals surface area contributed by atoms with E-state index in [2.05, 4.69) is 11.6 Å². The van der Waals surface area contributed by atoms with Crippen LogP contribution in [0.3, 0.4) is 0 Å². The molecule has 0 bridgehead atoms. The molecule has 1 aliphatic heterocycles. The van der Waals surface area contributed by atoms with Crippen molar-refractivity contribution >= 4 is 21.6 Å². The maximum absolute atomic E-state index is 12.9. The van der Waals surface area contributed by atoms with E-state index >= 15 is 0 Å². The second-order valence-electron chi connectivity index (χ2n) is 7.45. The van der Waals surface area contributed by atoms with E-state index in [1.54, 1.807) is 31.2 Å². The number of sulfonamides is 1. The number of amides is 1. The molecule has 1 aliphatic rings. The summed E-state index contributed by atoms with van der Waals surface area (Å²) in [5.41, 5.74) is 2.58. The molecule has 0 saturated carbocycles. The highest BCUT2D eigenvalue weighted by atomic mass is 32.2. The van der Waals surface area contributed by atoms with Gasteiger partial charge in [-0.15, -0.1) is 0 Å². The van der Waals surface area contributed by atoms with Crippen LogP contribution in [0.1, 0.15) is 41.3 Å². The predicted molar refractivity (Wildman–Crippen MR) is 107 cm³/mol. The second kappa shape index (κ2) is 7.72. The Labute approximate surface area is 161 Å². The molecule has 1 fully saturated rings. The van der Waals surface area contributed by atoms with Crippen LogP contribution in [0.5, 0.6) is 0 Å². The third kappa shape index (κ3) is 4.50. The number of anilines is 1. The molecule has 0 radical (unpaired) electrons. The summed E-state index contributed by atoms with van der Waals surface area (Å²) in [5.74, 6) is 0.368. The van der Waals surface area contributed by atoms with Crippen molar-refractivity contribution in [2.45, 2.75) is 38.5 Å². The first-order chi connectivity index (χ1) is 12.8. The molecule has 144 valence electrons. The predicted octanol–water partition coefficient (Wildman–Crippen LogP) is 3.98. The van der Waals surface area contributed by atoms with E-state index in [0.717, 1.165) is 31.5 Å². The van der Waals surface area contributed by atoms with Gasteiger partial charge in [0.1, 0.15) is 0 Å². The minimum absolute atomic E-state index is 0.103. The zero-order chi connectivity index (χ0) is 19.6. The Morgan fingerprint density at radius 2 is 1.81 bits per heavy atom. The molecule has 1 saturated heterocycles. The van der Waals surface area contributed by atoms with E-state index in [9.17, 15) is 13.2 Å². The van der Waals surface area contributed by atoms with Gasteiger partial charge in [0, 0.05) is 24.3 Å². The fourth-order valence-corrected chi connectivity index (χ4v) is 4.74. The van der Waals surface area contributed by atoms with Gasteiger partial charge in [-0.1, -0.05) is 30.7 Å². The maximum atomic E-state index is 12.9. The standard InChI is InChI=1S/C21H26N2O3S/c1-15-6-10-19(11-7-15)22-27(25,26)20-13-18(9-8-17(20)3)21(24)23-12-4-5-16(2)14-23/h6-11,13,16,22H,4-5,12,14H2,1-3H3/t16-/m1/s1. The fourth-order valence-electron chi connectivity index (χ4n) is 3.41. The summed E-state index contributed by atoms with van der Waals surface area (Å²) in [7, 11) is -3.78. The monoisotopic (exact) mass is 386 g/mol. The van der Waals surface area contributed by atoms with Crippen molar-refractivity contribution in [1.82, 2.24) is 4.90 Å². The third-order valence-corrected chi connectivity index (χ3v) is 6.50. The van der Waals surface area contributed by atoms with Crippen LogP contribution in [0.15, 0.2) is 47.4 Å². The van der Waals surface area contributed by atoms with Gasteiger partial charge in [0.05, 0.1) is 4.90 Å². The van der Waals surface area contributed by atoms with E-state index in [0.29, 0.717) is 22.7 Å². The number of carbonyl (C=O) groups is 1.